The Morgan fingerprint density at radius 2 is 2.10 bits per heavy atom. The molecule has 0 radical (unpaired) electrons. The maximum absolute atomic E-state index is 5.47. The summed E-state index contributed by atoms with van der Waals surface area (Å²) in [6, 6.07) is 0. The van der Waals surface area contributed by atoms with Crippen molar-refractivity contribution in [2.75, 3.05) is 25.1 Å². The van der Waals surface area contributed by atoms with Gasteiger partial charge in [0.1, 0.15) is 11.6 Å². The van der Waals surface area contributed by atoms with Crippen LogP contribution in [-0.2, 0) is 16.6 Å². The van der Waals surface area contributed by atoms with E-state index in [1.165, 1.54) is 0 Å². The van der Waals surface area contributed by atoms with E-state index in [-0.39, 0.29) is 5.41 Å². The van der Waals surface area contributed by atoms with Gasteiger partial charge in [0.05, 0.1) is 9.26 Å². The van der Waals surface area contributed by atoms with Gasteiger partial charge in [0.2, 0.25) is 0 Å². The minimum atomic E-state index is 0.0308. The van der Waals surface area contributed by atoms with Gasteiger partial charge in [-0.25, -0.2) is 9.97 Å². The highest BCUT2D eigenvalue weighted by atomic mass is 127. The van der Waals surface area contributed by atoms with E-state index < -0.39 is 0 Å². The topological polar surface area (TPSA) is 47.0 Å². The minimum Gasteiger partial charge on any atom is -0.381 e. The summed E-state index contributed by atoms with van der Waals surface area (Å²) in [5, 5.41) is 3.45. The average Bonchev–Trinajstić information content (AvgIpc) is 2.90. The summed E-state index contributed by atoms with van der Waals surface area (Å²) in [6.45, 7) is 11.5. The highest BCUT2D eigenvalue weighted by Crippen LogP contribution is 2.30. The standard InChI is InChI=1S/C16H26IN3O/c1-5-7-18-15-13(17)14(16(2,3)4)19-12(20-15)9-11-6-8-21-10-11/h11H,5-10H2,1-4H3,(H,18,19,20). The van der Waals surface area contributed by atoms with Crippen LogP contribution in [0.2, 0.25) is 0 Å². The largest absolute Gasteiger partial charge is 0.381 e. The fourth-order valence-electron chi connectivity index (χ4n) is 2.44. The lowest BCUT2D eigenvalue weighted by Gasteiger charge is -2.22. The van der Waals surface area contributed by atoms with E-state index in [9.17, 15) is 0 Å². The Bertz CT molecular complexity index is 479. The third-order valence-corrected chi connectivity index (χ3v) is 4.67. The molecule has 1 aromatic heterocycles. The first-order valence-corrected chi connectivity index (χ1v) is 8.88. The lowest BCUT2D eigenvalue weighted by Crippen LogP contribution is -2.21. The van der Waals surface area contributed by atoms with Gasteiger partial charge in [-0.05, 0) is 41.4 Å². The van der Waals surface area contributed by atoms with E-state index in [4.69, 9.17) is 14.7 Å². The molecule has 118 valence electrons. The molecule has 2 rings (SSSR count). The van der Waals surface area contributed by atoms with Crippen LogP contribution in [0, 0.1) is 9.49 Å². The Labute approximate surface area is 141 Å². The van der Waals surface area contributed by atoms with Gasteiger partial charge in [0.15, 0.2) is 0 Å². The smallest absolute Gasteiger partial charge is 0.143 e. The summed E-state index contributed by atoms with van der Waals surface area (Å²) in [5.74, 6) is 2.51. The Morgan fingerprint density at radius 3 is 2.67 bits per heavy atom. The van der Waals surface area contributed by atoms with Gasteiger partial charge >= 0.3 is 0 Å². The lowest BCUT2D eigenvalue weighted by atomic mass is 9.91. The van der Waals surface area contributed by atoms with Gasteiger partial charge in [0, 0.05) is 31.6 Å². The van der Waals surface area contributed by atoms with Crippen molar-refractivity contribution >= 4 is 28.4 Å². The van der Waals surface area contributed by atoms with Gasteiger partial charge in [-0.2, -0.15) is 0 Å². The van der Waals surface area contributed by atoms with Crippen molar-refractivity contribution in [1.29, 1.82) is 0 Å². The maximum atomic E-state index is 5.47. The highest BCUT2D eigenvalue weighted by molar-refractivity contribution is 14.1. The van der Waals surface area contributed by atoms with Crippen LogP contribution in [-0.4, -0.2) is 29.7 Å². The van der Waals surface area contributed by atoms with Crippen molar-refractivity contribution in [2.24, 2.45) is 5.92 Å². The molecule has 5 heteroatoms. The van der Waals surface area contributed by atoms with Gasteiger partial charge in [-0.15, -0.1) is 0 Å². The van der Waals surface area contributed by atoms with Crippen LogP contribution in [0.3, 0.4) is 0 Å². The fourth-order valence-corrected chi connectivity index (χ4v) is 3.69. The second-order valence-corrected chi connectivity index (χ2v) is 7.84. The van der Waals surface area contributed by atoms with Crippen molar-refractivity contribution in [3.63, 3.8) is 0 Å². The van der Waals surface area contributed by atoms with Crippen LogP contribution in [0.25, 0.3) is 0 Å². The van der Waals surface area contributed by atoms with Crippen molar-refractivity contribution in [1.82, 2.24) is 9.97 Å². The van der Waals surface area contributed by atoms with E-state index in [0.717, 1.165) is 59.9 Å². The zero-order valence-corrected chi connectivity index (χ0v) is 15.7. The molecule has 0 amide bonds. The first-order valence-electron chi connectivity index (χ1n) is 7.80. The highest BCUT2D eigenvalue weighted by Gasteiger charge is 2.25. The second-order valence-electron chi connectivity index (χ2n) is 6.76. The third-order valence-electron chi connectivity index (χ3n) is 3.65. The number of nitrogens with zero attached hydrogens (tertiary/aromatic N) is 2. The molecule has 1 N–H and O–H groups in total. The molecule has 1 fully saturated rings. The van der Waals surface area contributed by atoms with Crippen LogP contribution in [0.15, 0.2) is 0 Å². The molecule has 1 aromatic rings. The maximum Gasteiger partial charge on any atom is 0.143 e. The van der Waals surface area contributed by atoms with Crippen LogP contribution in [0.1, 0.15) is 52.1 Å². The molecular weight excluding hydrogens is 377 g/mol. The van der Waals surface area contributed by atoms with Crippen molar-refractivity contribution < 1.29 is 4.74 Å². The van der Waals surface area contributed by atoms with E-state index in [1.807, 2.05) is 0 Å². The summed E-state index contributed by atoms with van der Waals surface area (Å²) in [6.07, 6.45) is 3.13. The summed E-state index contributed by atoms with van der Waals surface area (Å²) in [5.41, 5.74) is 1.17. The molecule has 0 aliphatic carbocycles. The molecule has 0 saturated carbocycles. The molecule has 0 spiro atoms. The first kappa shape index (κ1) is 16.9. The van der Waals surface area contributed by atoms with Crippen LogP contribution in [0.4, 0.5) is 5.82 Å². The Hall–Kier alpha value is -0.430. The molecule has 0 bridgehead atoms. The van der Waals surface area contributed by atoms with Crippen LogP contribution in [0.5, 0.6) is 0 Å². The third kappa shape index (κ3) is 4.52. The van der Waals surface area contributed by atoms with E-state index in [2.05, 4.69) is 55.6 Å². The predicted octanol–water partition coefficient (Wildman–Crippen LogP) is 3.78. The fraction of sp³-hybridized carbons (Fsp3) is 0.750. The number of aromatic nitrogens is 2. The second kappa shape index (κ2) is 7.22. The predicted molar refractivity (Wildman–Crippen MR) is 94.9 cm³/mol. The molecule has 1 aliphatic rings. The number of ether oxygens (including phenoxy) is 1. The SMILES string of the molecule is CCCNc1nc(CC2CCOC2)nc(C(C)(C)C)c1I. The quantitative estimate of drug-likeness (QED) is 0.761. The van der Waals surface area contributed by atoms with Crippen LogP contribution < -0.4 is 5.32 Å². The van der Waals surface area contributed by atoms with Gasteiger partial charge < -0.3 is 10.1 Å². The average molecular weight is 403 g/mol. The Kier molecular flexibility index (Phi) is 5.82. The van der Waals surface area contributed by atoms with Gasteiger partial charge in [-0.1, -0.05) is 27.7 Å². The summed E-state index contributed by atoms with van der Waals surface area (Å²) >= 11 is 2.37. The number of hydrogen-bond acceptors (Lipinski definition) is 4. The molecule has 21 heavy (non-hydrogen) atoms. The number of nitrogens with one attached hydrogen (secondary N) is 1. The lowest BCUT2D eigenvalue weighted by molar-refractivity contribution is 0.185. The zero-order chi connectivity index (χ0) is 15.5. The molecule has 0 aromatic carbocycles. The van der Waals surface area contributed by atoms with Gasteiger partial charge in [0.25, 0.3) is 0 Å². The Balaban J connectivity index is 2.30. The Morgan fingerprint density at radius 1 is 1.33 bits per heavy atom. The van der Waals surface area contributed by atoms with Crippen molar-refractivity contribution in [3.05, 3.63) is 15.1 Å². The number of hydrogen-bond donors (Lipinski definition) is 1. The van der Waals surface area contributed by atoms with Crippen LogP contribution >= 0.6 is 22.6 Å². The minimum absolute atomic E-state index is 0.0308. The zero-order valence-electron chi connectivity index (χ0n) is 13.5. The summed E-state index contributed by atoms with van der Waals surface area (Å²) in [7, 11) is 0. The number of rotatable bonds is 5. The van der Waals surface area contributed by atoms with Gasteiger partial charge in [-0.3, -0.25) is 0 Å². The van der Waals surface area contributed by atoms with E-state index >= 15 is 0 Å². The monoisotopic (exact) mass is 403 g/mol. The first-order chi connectivity index (χ1) is 9.91. The number of halogens is 1. The summed E-state index contributed by atoms with van der Waals surface area (Å²) in [4.78, 5) is 9.62. The molecule has 1 atom stereocenters. The molecular formula is C16H26IN3O. The number of anilines is 1. The van der Waals surface area contributed by atoms with E-state index in [0.29, 0.717) is 5.92 Å². The molecule has 2 heterocycles. The molecule has 1 unspecified atom stereocenters. The summed E-state index contributed by atoms with van der Waals surface area (Å²) < 4.78 is 6.63. The normalized spacial score (nSPS) is 19.0. The molecule has 1 saturated heterocycles. The van der Waals surface area contributed by atoms with Crippen molar-refractivity contribution in [2.45, 2.75) is 52.4 Å². The van der Waals surface area contributed by atoms with Crippen molar-refractivity contribution in [3.8, 4) is 0 Å². The van der Waals surface area contributed by atoms with E-state index in [1.54, 1.807) is 0 Å². The molecule has 1 aliphatic heterocycles. The molecule has 4 nitrogen and oxygen atoms in total.